The third-order valence-electron chi connectivity index (χ3n) is 4.92. The normalized spacial score (nSPS) is 11.3. The molecule has 0 aliphatic rings. The summed E-state index contributed by atoms with van der Waals surface area (Å²) in [4.78, 5) is 37.4. The zero-order valence-electron chi connectivity index (χ0n) is 19.1. The van der Waals surface area contributed by atoms with Gasteiger partial charge >= 0.3 is 5.97 Å². The standard InChI is InChI=1S/C25H23ClN2O6S/c1-14(23(29)28-19-13-15(25(31)32)7-12-18(19)26)35-17-10-8-16(9-11-17)27-24(30)22-20(33-2)5-4-6-21(22)34-3/h4-14H,1-3H3,(H,27,30)(H,28,29)(H,31,32). The molecule has 3 N–H and O–H groups in total. The van der Waals surface area contributed by atoms with Crippen LogP contribution in [0.25, 0.3) is 0 Å². The number of nitrogens with one attached hydrogen (secondary N) is 2. The molecule has 10 heteroatoms. The summed E-state index contributed by atoms with van der Waals surface area (Å²) in [5.74, 6) is -1.05. The van der Waals surface area contributed by atoms with Crippen LogP contribution in [-0.2, 0) is 4.79 Å². The third-order valence-corrected chi connectivity index (χ3v) is 6.36. The second kappa shape index (κ2) is 11.6. The highest BCUT2D eigenvalue weighted by molar-refractivity contribution is 8.00. The molecule has 3 rings (SSSR count). The number of carbonyl (C=O) groups is 3. The van der Waals surface area contributed by atoms with E-state index in [0.717, 1.165) is 4.90 Å². The van der Waals surface area contributed by atoms with Gasteiger partial charge in [0.1, 0.15) is 17.1 Å². The van der Waals surface area contributed by atoms with Crippen molar-refractivity contribution in [1.29, 1.82) is 0 Å². The van der Waals surface area contributed by atoms with Gasteiger partial charge in [-0.15, -0.1) is 11.8 Å². The molecule has 182 valence electrons. The van der Waals surface area contributed by atoms with E-state index in [9.17, 15) is 14.4 Å². The molecule has 1 atom stereocenters. The number of halogens is 1. The van der Waals surface area contributed by atoms with Crippen molar-refractivity contribution in [2.75, 3.05) is 24.9 Å². The van der Waals surface area contributed by atoms with Crippen LogP contribution >= 0.6 is 23.4 Å². The van der Waals surface area contributed by atoms with Crippen molar-refractivity contribution in [1.82, 2.24) is 0 Å². The van der Waals surface area contributed by atoms with Crippen molar-refractivity contribution in [3.05, 3.63) is 76.8 Å². The average Bonchev–Trinajstić information content (AvgIpc) is 2.85. The van der Waals surface area contributed by atoms with E-state index >= 15 is 0 Å². The van der Waals surface area contributed by atoms with Gasteiger partial charge in [0, 0.05) is 10.6 Å². The van der Waals surface area contributed by atoms with Crippen LogP contribution < -0.4 is 20.1 Å². The monoisotopic (exact) mass is 514 g/mol. The molecule has 3 aromatic carbocycles. The molecule has 2 amide bonds. The van der Waals surface area contributed by atoms with Crippen LogP contribution in [0, 0.1) is 0 Å². The topological polar surface area (TPSA) is 114 Å². The van der Waals surface area contributed by atoms with Crippen molar-refractivity contribution in [3.8, 4) is 11.5 Å². The summed E-state index contributed by atoms with van der Waals surface area (Å²) in [6, 6.07) is 16.2. The number of amides is 2. The van der Waals surface area contributed by atoms with E-state index < -0.39 is 11.2 Å². The Labute approximate surface area is 211 Å². The Hall–Kier alpha value is -3.69. The quantitative estimate of drug-likeness (QED) is 0.326. The van der Waals surface area contributed by atoms with Crippen molar-refractivity contribution < 1.29 is 29.0 Å². The number of ether oxygens (including phenoxy) is 2. The maximum absolute atomic E-state index is 12.8. The Morgan fingerprint density at radius 1 is 0.943 bits per heavy atom. The van der Waals surface area contributed by atoms with E-state index in [1.54, 1.807) is 49.4 Å². The highest BCUT2D eigenvalue weighted by Gasteiger charge is 2.19. The third kappa shape index (κ3) is 6.46. The fourth-order valence-electron chi connectivity index (χ4n) is 3.13. The van der Waals surface area contributed by atoms with Gasteiger partial charge in [-0.05, 0) is 61.5 Å². The highest BCUT2D eigenvalue weighted by atomic mass is 35.5. The number of carbonyl (C=O) groups excluding carboxylic acids is 2. The number of anilines is 2. The minimum absolute atomic E-state index is 0.0217. The average molecular weight is 515 g/mol. The fraction of sp³-hybridized carbons (Fsp3) is 0.160. The Morgan fingerprint density at radius 2 is 1.57 bits per heavy atom. The molecule has 3 aromatic rings. The van der Waals surface area contributed by atoms with Gasteiger partial charge in [0.15, 0.2) is 0 Å². The van der Waals surface area contributed by atoms with Crippen molar-refractivity contribution in [2.45, 2.75) is 17.1 Å². The second-order valence-electron chi connectivity index (χ2n) is 7.27. The van der Waals surface area contributed by atoms with E-state index in [2.05, 4.69) is 10.6 Å². The van der Waals surface area contributed by atoms with Gasteiger partial charge in [-0.2, -0.15) is 0 Å². The van der Waals surface area contributed by atoms with E-state index in [-0.39, 0.29) is 33.7 Å². The van der Waals surface area contributed by atoms with E-state index in [0.29, 0.717) is 17.2 Å². The van der Waals surface area contributed by atoms with Crippen LogP contribution in [0.3, 0.4) is 0 Å². The summed E-state index contributed by atoms with van der Waals surface area (Å²) < 4.78 is 10.6. The first-order chi connectivity index (χ1) is 16.7. The first kappa shape index (κ1) is 25.9. The van der Waals surface area contributed by atoms with E-state index in [1.807, 2.05) is 0 Å². The largest absolute Gasteiger partial charge is 0.496 e. The Morgan fingerprint density at radius 3 is 2.14 bits per heavy atom. The van der Waals surface area contributed by atoms with Gasteiger partial charge in [0.25, 0.3) is 5.91 Å². The molecule has 0 saturated carbocycles. The smallest absolute Gasteiger partial charge is 0.335 e. The molecule has 0 spiro atoms. The minimum Gasteiger partial charge on any atom is -0.496 e. The molecular formula is C25H23ClN2O6S. The van der Waals surface area contributed by atoms with Crippen molar-refractivity contribution in [3.63, 3.8) is 0 Å². The summed E-state index contributed by atoms with van der Waals surface area (Å²) in [6.07, 6.45) is 0. The number of methoxy groups -OCH3 is 2. The summed E-state index contributed by atoms with van der Waals surface area (Å²) >= 11 is 7.39. The number of rotatable bonds is 9. The van der Waals surface area contributed by atoms with Gasteiger partial charge < -0.3 is 25.2 Å². The summed E-state index contributed by atoms with van der Waals surface area (Å²) in [6.45, 7) is 1.72. The van der Waals surface area contributed by atoms with Crippen LogP contribution in [0.4, 0.5) is 11.4 Å². The molecule has 0 bridgehead atoms. The van der Waals surface area contributed by atoms with Crippen LogP contribution in [0.2, 0.25) is 5.02 Å². The van der Waals surface area contributed by atoms with Gasteiger partial charge in [-0.25, -0.2) is 4.79 Å². The molecule has 0 aliphatic heterocycles. The lowest BCUT2D eigenvalue weighted by molar-refractivity contribution is -0.115. The number of aromatic carboxylic acids is 1. The molecule has 0 heterocycles. The molecule has 0 aromatic heterocycles. The molecule has 1 unspecified atom stereocenters. The lowest BCUT2D eigenvalue weighted by Gasteiger charge is -2.14. The zero-order valence-corrected chi connectivity index (χ0v) is 20.7. The first-order valence-corrected chi connectivity index (χ1v) is 11.6. The maximum Gasteiger partial charge on any atom is 0.335 e. The lowest BCUT2D eigenvalue weighted by Crippen LogP contribution is -2.22. The Balaban J connectivity index is 1.65. The number of hydrogen-bond donors (Lipinski definition) is 3. The van der Waals surface area contributed by atoms with Gasteiger partial charge in [0.05, 0.1) is 35.7 Å². The minimum atomic E-state index is -1.11. The lowest BCUT2D eigenvalue weighted by atomic mass is 10.1. The first-order valence-electron chi connectivity index (χ1n) is 10.4. The number of carboxylic acid groups (broad SMARTS) is 1. The van der Waals surface area contributed by atoms with Crippen molar-refractivity contribution in [2.24, 2.45) is 0 Å². The number of hydrogen-bond acceptors (Lipinski definition) is 6. The maximum atomic E-state index is 12.8. The predicted octanol–water partition coefficient (Wildman–Crippen LogP) is 5.43. The van der Waals surface area contributed by atoms with Crippen LogP contribution in [0.15, 0.2) is 65.6 Å². The Bertz CT molecular complexity index is 1230. The summed E-state index contributed by atoms with van der Waals surface area (Å²) in [7, 11) is 2.96. The molecule has 0 radical (unpaired) electrons. The van der Waals surface area contributed by atoms with Crippen LogP contribution in [0.5, 0.6) is 11.5 Å². The van der Waals surface area contributed by atoms with Gasteiger partial charge in [-0.1, -0.05) is 17.7 Å². The SMILES string of the molecule is COc1cccc(OC)c1C(=O)Nc1ccc(SC(C)C(=O)Nc2cc(C(=O)O)ccc2Cl)cc1. The highest BCUT2D eigenvalue weighted by Crippen LogP contribution is 2.30. The van der Waals surface area contributed by atoms with Crippen LogP contribution in [-0.4, -0.2) is 42.4 Å². The molecule has 0 fully saturated rings. The van der Waals surface area contributed by atoms with E-state index in [4.69, 9.17) is 26.2 Å². The number of benzene rings is 3. The second-order valence-corrected chi connectivity index (χ2v) is 9.09. The fourth-order valence-corrected chi connectivity index (χ4v) is 4.16. The summed E-state index contributed by atoms with van der Waals surface area (Å²) in [5.41, 5.74) is 1.09. The molecular weight excluding hydrogens is 492 g/mol. The van der Waals surface area contributed by atoms with Gasteiger partial charge in [0.2, 0.25) is 5.91 Å². The van der Waals surface area contributed by atoms with E-state index in [1.165, 1.54) is 44.2 Å². The molecule has 0 aliphatic carbocycles. The zero-order chi connectivity index (χ0) is 25.5. The van der Waals surface area contributed by atoms with Crippen molar-refractivity contribution >= 4 is 52.5 Å². The predicted molar refractivity (Wildman–Crippen MR) is 136 cm³/mol. The number of carboxylic acids is 1. The molecule has 0 saturated heterocycles. The molecule has 35 heavy (non-hydrogen) atoms. The molecule has 8 nitrogen and oxygen atoms in total. The van der Waals surface area contributed by atoms with Gasteiger partial charge in [-0.3, -0.25) is 9.59 Å². The van der Waals surface area contributed by atoms with Crippen LogP contribution in [0.1, 0.15) is 27.6 Å². The Kier molecular flexibility index (Phi) is 8.62. The summed E-state index contributed by atoms with van der Waals surface area (Å²) in [5, 5.41) is 14.4. The number of thioether (sulfide) groups is 1.